The lowest BCUT2D eigenvalue weighted by molar-refractivity contribution is -0.139. The maximum absolute atomic E-state index is 14.3. The first-order chi connectivity index (χ1) is 13.1. The summed E-state index contributed by atoms with van der Waals surface area (Å²) >= 11 is 7.51. The van der Waals surface area contributed by atoms with Gasteiger partial charge in [0.15, 0.2) is 0 Å². The molecular formula is C18H19ClFN3O4S. The predicted molar refractivity (Wildman–Crippen MR) is 104 cm³/mol. The van der Waals surface area contributed by atoms with Crippen LogP contribution in [0.2, 0.25) is 5.02 Å². The van der Waals surface area contributed by atoms with Crippen molar-refractivity contribution in [3.05, 3.63) is 40.4 Å². The number of aryl methyl sites for hydroxylation is 1. The molecule has 0 unspecified atom stereocenters. The van der Waals surface area contributed by atoms with Gasteiger partial charge >= 0.3 is 5.97 Å². The van der Waals surface area contributed by atoms with E-state index in [9.17, 15) is 19.1 Å². The van der Waals surface area contributed by atoms with E-state index in [2.05, 4.69) is 15.8 Å². The fraction of sp³-hybridized carbons (Fsp3) is 0.389. The molecule has 1 amide bonds. The molecule has 0 radical (unpaired) electrons. The first kappa shape index (κ1) is 20.6. The minimum Gasteiger partial charge on any atom is -0.480 e. The summed E-state index contributed by atoms with van der Waals surface area (Å²) in [6.45, 7) is 5.37. The lowest BCUT2D eigenvalue weighted by Gasteiger charge is -2.20. The van der Waals surface area contributed by atoms with Crippen LogP contribution in [-0.4, -0.2) is 44.8 Å². The third kappa shape index (κ3) is 3.87. The van der Waals surface area contributed by atoms with Crippen LogP contribution in [0.3, 0.4) is 0 Å². The lowest BCUT2D eigenvalue weighted by atomic mass is 10.0. The molecule has 0 spiro atoms. The van der Waals surface area contributed by atoms with Gasteiger partial charge in [-0.3, -0.25) is 14.9 Å². The molecule has 0 saturated carbocycles. The topological polar surface area (TPSA) is 104 Å². The second-order valence-corrected chi connectivity index (χ2v) is 9.18. The van der Waals surface area contributed by atoms with E-state index in [4.69, 9.17) is 16.1 Å². The number of carboxylic acids is 1. The number of carbonyl (C=O) groups is 2. The van der Waals surface area contributed by atoms with E-state index in [1.165, 1.54) is 30.0 Å². The normalized spacial score (nSPS) is 20.9. The number of hydrogen-bond acceptors (Lipinski definition) is 6. The molecule has 1 aliphatic heterocycles. The minimum atomic E-state index is -0.947. The quantitative estimate of drug-likeness (QED) is 0.673. The number of hydrogen-bond donors (Lipinski definition) is 3. The van der Waals surface area contributed by atoms with E-state index in [1.54, 1.807) is 6.92 Å². The molecule has 1 aromatic carbocycles. The molecular weight excluding hydrogens is 409 g/mol. The SMILES string of the molecule is Cc1onc(-c2c(F)cccc2Cl)c1C(=O)NC[C@H]1N[C@@H](C(=O)O)C(C)(C)S1. The van der Waals surface area contributed by atoms with E-state index >= 15 is 0 Å². The molecule has 10 heteroatoms. The Morgan fingerprint density at radius 3 is 2.79 bits per heavy atom. The highest BCUT2D eigenvalue weighted by atomic mass is 35.5. The van der Waals surface area contributed by atoms with Gasteiger partial charge in [0.1, 0.15) is 28.9 Å². The van der Waals surface area contributed by atoms with E-state index in [-0.39, 0.29) is 39.5 Å². The third-order valence-corrected chi connectivity index (χ3v) is 6.22. The molecule has 3 N–H and O–H groups in total. The standard InChI is InChI=1S/C18H19ClFN3O4S/c1-8-12(14(23-27-8)13-9(19)5-4-6-10(13)20)16(24)21-7-11-22-15(17(25)26)18(2,3)28-11/h4-6,11,15,22H,7H2,1-3H3,(H,21,24)(H,25,26)/t11-,15-/m0/s1. The fourth-order valence-electron chi connectivity index (χ4n) is 3.13. The summed E-state index contributed by atoms with van der Waals surface area (Å²) in [7, 11) is 0. The van der Waals surface area contributed by atoms with Gasteiger partial charge in [-0.15, -0.1) is 11.8 Å². The average molecular weight is 428 g/mol. The summed E-state index contributed by atoms with van der Waals surface area (Å²) < 4.78 is 18.8. The summed E-state index contributed by atoms with van der Waals surface area (Å²) in [5.74, 6) is -1.85. The zero-order valence-corrected chi connectivity index (χ0v) is 16.9. The summed E-state index contributed by atoms with van der Waals surface area (Å²) in [5, 5.41) is 18.7. The van der Waals surface area contributed by atoms with Crippen LogP contribution < -0.4 is 10.6 Å². The lowest BCUT2D eigenvalue weighted by Crippen LogP contribution is -2.46. The molecule has 2 aromatic rings. The Bertz CT molecular complexity index is 913. The number of aromatic nitrogens is 1. The van der Waals surface area contributed by atoms with Crippen LogP contribution in [0.5, 0.6) is 0 Å². The van der Waals surface area contributed by atoms with E-state index in [1.807, 2.05) is 13.8 Å². The van der Waals surface area contributed by atoms with Crippen molar-refractivity contribution in [1.29, 1.82) is 0 Å². The molecule has 1 aliphatic rings. The number of benzene rings is 1. The van der Waals surface area contributed by atoms with Crippen LogP contribution in [0.1, 0.15) is 30.0 Å². The summed E-state index contributed by atoms with van der Waals surface area (Å²) in [6, 6.07) is 3.45. The second kappa shape index (κ2) is 7.73. The number of carboxylic acid groups (broad SMARTS) is 1. The van der Waals surface area contributed by atoms with Crippen molar-refractivity contribution in [2.45, 2.75) is 36.9 Å². The van der Waals surface area contributed by atoms with Crippen LogP contribution in [-0.2, 0) is 4.79 Å². The highest BCUT2D eigenvalue weighted by Gasteiger charge is 2.45. The Hall–Kier alpha value is -2.10. The van der Waals surface area contributed by atoms with E-state index in [0.29, 0.717) is 0 Å². The van der Waals surface area contributed by atoms with Crippen molar-refractivity contribution in [1.82, 2.24) is 15.8 Å². The maximum Gasteiger partial charge on any atom is 0.322 e. The van der Waals surface area contributed by atoms with Gasteiger partial charge in [0.05, 0.1) is 16.0 Å². The zero-order chi connectivity index (χ0) is 20.6. The molecule has 2 heterocycles. The Balaban J connectivity index is 1.78. The number of amides is 1. The fourth-order valence-corrected chi connectivity index (χ4v) is 4.79. The first-order valence-electron chi connectivity index (χ1n) is 8.47. The largest absolute Gasteiger partial charge is 0.480 e. The molecule has 7 nitrogen and oxygen atoms in total. The monoisotopic (exact) mass is 427 g/mol. The Morgan fingerprint density at radius 1 is 1.46 bits per heavy atom. The van der Waals surface area contributed by atoms with Crippen molar-refractivity contribution in [2.24, 2.45) is 0 Å². The van der Waals surface area contributed by atoms with Crippen molar-refractivity contribution in [3.8, 4) is 11.3 Å². The molecule has 28 heavy (non-hydrogen) atoms. The second-order valence-electron chi connectivity index (χ2n) is 6.92. The average Bonchev–Trinajstić information content (AvgIpc) is 3.12. The van der Waals surface area contributed by atoms with Crippen LogP contribution in [0, 0.1) is 12.7 Å². The van der Waals surface area contributed by atoms with Crippen LogP contribution in [0.25, 0.3) is 11.3 Å². The number of nitrogens with one attached hydrogen (secondary N) is 2. The molecule has 1 aromatic heterocycles. The molecule has 1 saturated heterocycles. The molecule has 2 atom stereocenters. The first-order valence-corrected chi connectivity index (χ1v) is 9.73. The highest BCUT2D eigenvalue weighted by Crippen LogP contribution is 2.38. The van der Waals surface area contributed by atoms with Crippen LogP contribution in [0.15, 0.2) is 22.7 Å². The number of rotatable bonds is 5. The van der Waals surface area contributed by atoms with Crippen LogP contribution >= 0.6 is 23.4 Å². The molecule has 3 rings (SSSR count). The predicted octanol–water partition coefficient (Wildman–Crippen LogP) is 3.07. The molecule has 150 valence electrons. The smallest absolute Gasteiger partial charge is 0.322 e. The summed E-state index contributed by atoms with van der Waals surface area (Å²) in [5.41, 5.74) is 0.101. The van der Waals surface area contributed by atoms with E-state index < -0.39 is 28.5 Å². The highest BCUT2D eigenvalue weighted by molar-refractivity contribution is 8.01. The van der Waals surface area contributed by atoms with Crippen LogP contribution in [0.4, 0.5) is 4.39 Å². The molecule has 0 bridgehead atoms. The van der Waals surface area contributed by atoms with E-state index in [0.717, 1.165) is 0 Å². The number of thioether (sulfide) groups is 1. The Labute approximate surface area is 170 Å². The number of halogens is 2. The van der Waals surface area contributed by atoms with Gasteiger partial charge < -0.3 is 14.9 Å². The number of aliphatic carboxylic acids is 1. The van der Waals surface area contributed by atoms with Gasteiger partial charge in [0.25, 0.3) is 5.91 Å². The van der Waals surface area contributed by atoms with Gasteiger partial charge in [-0.05, 0) is 32.9 Å². The number of nitrogens with zero attached hydrogens (tertiary/aromatic N) is 1. The van der Waals surface area contributed by atoms with Gasteiger partial charge in [0, 0.05) is 11.3 Å². The van der Waals surface area contributed by atoms with Gasteiger partial charge in [0.2, 0.25) is 0 Å². The summed E-state index contributed by atoms with van der Waals surface area (Å²) in [4.78, 5) is 24.1. The Kier molecular flexibility index (Phi) is 5.69. The number of carbonyl (C=O) groups excluding carboxylic acids is 1. The van der Waals surface area contributed by atoms with Crippen molar-refractivity contribution < 1.29 is 23.6 Å². The van der Waals surface area contributed by atoms with Gasteiger partial charge in [-0.1, -0.05) is 22.8 Å². The maximum atomic E-state index is 14.3. The summed E-state index contributed by atoms with van der Waals surface area (Å²) in [6.07, 6.45) is 0. The van der Waals surface area contributed by atoms with Crippen molar-refractivity contribution in [3.63, 3.8) is 0 Å². The molecule has 1 fully saturated rings. The van der Waals surface area contributed by atoms with Crippen molar-refractivity contribution >= 4 is 35.2 Å². The molecule has 0 aliphatic carbocycles. The Morgan fingerprint density at radius 2 is 2.18 bits per heavy atom. The van der Waals surface area contributed by atoms with Crippen molar-refractivity contribution in [2.75, 3.05) is 6.54 Å². The van der Waals surface area contributed by atoms with Gasteiger partial charge in [-0.2, -0.15) is 0 Å². The minimum absolute atomic E-state index is 0.00777. The third-order valence-electron chi connectivity index (χ3n) is 4.48. The zero-order valence-electron chi connectivity index (χ0n) is 15.4. The van der Waals surface area contributed by atoms with Gasteiger partial charge in [-0.25, -0.2) is 4.39 Å².